The van der Waals surface area contributed by atoms with Crippen LogP contribution in [0.4, 0.5) is 0 Å². The van der Waals surface area contributed by atoms with E-state index < -0.39 is 0 Å². The number of carbonyl (C=O) groups excluding carboxylic acids is 2. The van der Waals surface area contributed by atoms with Gasteiger partial charge in [-0.2, -0.15) is 0 Å². The van der Waals surface area contributed by atoms with Gasteiger partial charge in [-0.15, -0.1) is 11.3 Å². The van der Waals surface area contributed by atoms with Crippen molar-refractivity contribution in [3.05, 3.63) is 22.4 Å². The van der Waals surface area contributed by atoms with Gasteiger partial charge in [-0.3, -0.25) is 9.59 Å². The second-order valence-electron chi connectivity index (χ2n) is 5.75. The van der Waals surface area contributed by atoms with Gasteiger partial charge in [0, 0.05) is 24.0 Å². The Morgan fingerprint density at radius 1 is 1.48 bits per heavy atom. The predicted octanol–water partition coefficient (Wildman–Crippen LogP) is 1.11. The van der Waals surface area contributed by atoms with E-state index in [0.29, 0.717) is 13.0 Å². The molecule has 6 heteroatoms. The van der Waals surface area contributed by atoms with Gasteiger partial charge in [0.2, 0.25) is 11.8 Å². The Bertz CT molecular complexity index is 517. The van der Waals surface area contributed by atoms with Crippen molar-refractivity contribution in [1.82, 2.24) is 15.5 Å². The molecular weight excluding hydrogens is 286 g/mol. The Hall–Kier alpha value is -1.40. The minimum Gasteiger partial charge on any atom is -0.343 e. The van der Waals surface area contributed by atoms with Crippen LogP contribution in [0.25, 0.3) is 0 Å². The van der Waals surface area contributed by atoms with Crippen LogP contribution in [0.5, 0.6) is 0 Å². The Balaban J connectivity index is 1.61. The molecule has 2 aliphatic rings. The van der Waals surface area contributed by atoms with E-state index in [-0.39, 0.29) is 29.9 Å². The van der Waals surface area contributed by atoms with Gasteiger partial charge in [-0.05, 0) is 24.3 Å². The molecule has 3 rings (SSSR count). The minimum atomic E-state index is -0.324. The maximum absolute atomic E-state index is 12.4. The molecule has 2 aliphatic heterocycles. The first-order chi connectivity index (χ1) is 10.2. The lowest BCUT2D eigenvalue weighted by Crippen LogP contribution is -2.61. The second kappa shape index (κ2) is 6.15. The number of thiophene rings is 1. The third kappa shape index (κ3) is 2.96. The summed E-state index contributed by atoms with van der Waals surface area (Å²) in [6.45, 7) is 3.47. The number of nitrogens with zero attached hydrogens (tertiary/aromatic N) is 1. The molecule has 2 amide bonds. The van der Waals surface area contributed by atoms with Crippen molar-refractivity contribution in [2.75, 3.05) is 6.54 Å². The van der Waals surface area contributed by atoms with E-state index in [9.17, 15) is 9.59 Å². The van der Waals surface area contributed by atoms with Crippen LogP contribution in [0.1, 0.15) is 31.1 Å². The molecular formula is C15H21N3O2S. The van der Waals surface area contributed by atoms with Gasteiger partial charge in [0.15, 0.2) is 0 Å². The van der Waals surface area contributed by atoms with Crippen LogP contribution in [0.3, 0.4) is 0 Å². The summed E-state index contributed by atoms with van der Waals surface area (Å²) >= 11 is 1.72. The fourth-order valence-corrected chi connectivity index (χ4v) is 3.80. The van der Waals surface area contributed by atoms with Crippen molar-refractivity contribution >= 4 is 23.2 Å². The lowest BCUT2D eigenvalue weighted by molar-refractivity contribution is -0.147. The van der Waals surface area contributed by atoms with Gasteiger partial charge in [0.1, 0.15) is 12.1 Å². The van der Waals surface area contributed by atoms with E-state index in [1.807, 2.05) is 13.0 Å². The number of nitrogens with one attached hydrogen (secondary N) is 2. The van der Waals surface area contributed by atoms with Crippen molar-refractivity contribution in [3.63, 3.8) is 0 Å². The zero-order chi connectivity index (χ0) is 14.8. The maximum atomic E-state index is 12.4. The average molecular weight is 307 g/mol. The number of hydrogen-bond acceptors (Lipinski definition) is 4. The van der Waals surface area contributed by atoms with Gasteiger partial charge in [-0.1, -0.05) is 19.4 Å². The number of fused-ring (bicyclic) bond motifs is 1. The monoisotopic (exact) mass is 307 g/mol. The fraction of sp³-hybridized carbons (Fsp3) is 0.600. The first-order valence-electron chi connectivity index (χ1n) is 7.55. The summed E-state index contributed by atoms with van der Waals surface area (Å²) in [5, 5.41) is 8.39. The van der Waals surface area contributed by atoms with Crippen LogP contribution in [0, 0.1) is 0 Å². The lowest BCUT2D eigenvalue weighted by Gasteiger charge is -2.34. The summed E-state index contributed by atoms with van der Waals surface area (Å²) in [6.07, 6.45) is 2.33. The van der Waals surface area contributed by atoms with Gasteiger partial charge in [0.05, 0.1) is 0 Å². The molecule has 114 valence electrons. The highest BCUT2D eigenvalue weighted by atomic mass is 32.1. The summed E-state index contributed by atoms with van der Waals surface area (Å²) in [6, 6.07) is 3.72. The average Bonchev–Trinajstić information content (AvgIpc) is 3.12. The van der Waals surface area contributed by atoms with Crippen LogP contribution in [0.15, 0.2) is 17.5 Å². The standard InChI is InChI=1S/C15H21N3O2S/c1-2-4-12-15(20)18-9-10(7-13(18)14(19)17-12)16-8-11-5-3-6-21-11/h3,5-6,10,12-13,16H,2,4,7-9H2,1H3,(H,17,19)/t10-,12-,13-/m0/s1. The van der Waals surface area contributed by atoms with Gasteiger partial charge < -0.3 is 15.5 Å². The van der Waals surface area contributed by atoms with Gasteiger partial charge in [-0.25, -0.2) is 0 Å². The number of rotatable bonds is 5. The normalized spacial score (nSPS) is 28.6. The van der Waals surface area contributed by atoms with Crippen LogP contribution in [-0.2, 0) is 16.1 Å². The molecule has 0 unspecified atom stereocenters. The highest BCUT2D eigenvalue weighted by Crippen LogP contribution is 2.24. The third-order valence-corrected chi connectivity index (χ3v) is 5.10. The number of carbonyl (C=O) groups is 2. The summed E-state index contributed by atoms with van der Waals surface area (Å²) in [7, 11) is 0. The molecule has 1 aromatic heterocycles. The van der Waals surface area contributed by atoms with Gasteiger partial charge >= 0.3 is 0 Å². The fourth-order valence-electron chi connectivity index (χ4n) is 3.15. The van der Waals surface area contributed by atoms with Crippen molar-refractivity contribution in [2.45, 2.75) is 50.9 Å². The molecule has 0 aliphatic carbocycles. The van der Waals surface area contributed by atoms with E-state index in [1.54, 1.807) is 16.2 Å². The van der Waals surface area contributed by atoms with Crippen LogP contribution < -0.4 is 10.6 Å². The summed E-state index contributed by atoms with van der Waals surface area (Å²) < 4.78 is 0. The van der Waals surface area contributed by atoms with Crippen LogP contribution in [-0.4, -0.2) is 41.4 Å². The quantitative estimate of drug-likeness (QED) is 0.856. The summed E-state index contributed by atoms with van der Waals surface area (Å²) in [4.78, 5) is 27.6. The van der Waals surface area contributed by atoms with Gasteiger partial charge in [0.25, 0.3) is 0 Å². The highest BCUT2D eigenvalue weighted by molar-refractivity contribution is 7.09. The zero-order valence-electron chi connectivity index (χ0n) is 12.2. The molecule has 2 fully saturated rings. The van der Waals surface area contributed by atoms with Crippen molar-refractivity contribution in [2.24, 2.45) is 0 Å². The first kappa shape index (κ1) is 14.5. The topological polar surface area (TPSA) is 61.4 Å². The maximum Gasteiger partial charge on any atom is 0.245 e. The van der Waals surface area contributed by atoms with E-state index >= 15 is 0 Å². The second-order valence-corrected chi connectivity index (χ2v) is 6.78. The van der Waals surface area contributed by atoms with Crippen molar-refractivity contribution < 1.29 is 9.59 Å². The Labute approximate surface area is 128 Å². The lowest BCUT2D eigenvalue weighted by atomic mass is 10.0. The molecule has 2 saturated heterocycles. The smallest absolute Gasteiger partial charge is 0.245 e. The van der Waals surface area contributed by atoms with Crippen LogP contribution in [0.2, 0.25) is 0 Å². The number of hydrogen-bond donors (Lipinski definition) is 2. The van der Waals surface area contributed by atoms with Crippen molar-refractivity contribution in [1.29, 1.82) is 0 Å². The highest BCUT2D eigenvalue weighted by Gasteiger charge is 2.45. The van der Waals surface area contributed by atoms with E-state index in [0.717, 1.165) is 19.4 Å². The summed E-state index contributed by atoms with van der Waals surface area (Å²) in [5.74, 6) is 0.0929. The Kier molecular flexibility index (Phi) is 4.26. The van der Waals surface area contributed by atoms with Crippen LogP contribution >= 0.6 is 11.3 Å². The molecule has 0 bridgehead atoms. The molecule has 3 atom stereocenters. The molecule has 0 spiro atoms. The largest absolute Gasteiger partial charge is 0.343 e. The Morgan fingerprint density at radius 2 is 2.33 bits per heavy atom. The minimum absolute atomic E-state index is 0.00785. The number of piperazine rings is 1. The first-order valence-corrected chi connectivity index (χ1v) is 8.43. The third-order valence-electron chi connectivity index (χ3n) is 4.22. The van der Waals surface area contributed by atoms with E-state index in [1.165, 1.54) is 4.88 Å². The SMILES string of the molecule is CCC[C@@H]1NC(=O)[C@@H]2C[C@H](NCc3cccs3)CN2C1=O. The number of amides is 2. The molecule has 3 heterocycles. The van der Waals surface area contributed by atoms with E-state index in [2.05, 4.69) is 22.1 Å². The van der Waals surface area contributed by atoms with Crippen molar-refractivity contribution in [3.8, 4) is 0 Å². The molecule has 0 radical (unpaired) electrons. The Morgan fingerprint density at radius 3 is 3.05 bits per heavy atom. The molecule has 2 N–H and O–H groups in total. The molecule has 21 heavy (non-hydrogen) atoms. The zero-order valence-corrected chi connectivity index (χ0v) is 13.0. The molecule has 1 aromatic rings. The molecule has 0 saturated carbocycles. The summed E-state index contributed by atoms with van der Waals surface area (Å²) in [5.41, 5.74) is 0. The molecule has 0 aromatic carbocycles. The molecule has 5 nitrogen and oxygen atoms in total. The van der Waals surface area contributed by atoms with E-state index in [4.69, 9.17) is 0 Å². The predicted molar refractivity (Wildman–Crippen MR) is 81.9 cm³/mol.